The maximum Gasteiger partial charge on any atom is 0.257 e. The van der Waals surface area contributed by atoms with Gasteiger partial charge in [0.2, 0.25) is 0 Å². The highest BCUT2D eigenvalue weighted by molar-refractivity contribution is 14.1. The molecule has 0 saturated heterocycles. The number of benzene rings is 2. The zero-order valence-corrected chi connectivity index (χ0v) is 12.4. The van der Waals surface area contributed by atoms with Crippen LogP contribution in [0.2, 0.25) is 0 Å². The number of nitrogens with zero attached hydrogens (tertiary/aromatic N) is 1. The second-order valence-corrected chi connectivity index (χ2v) is 5.40. The number of anilines is 1. The number of para-hydroxylation sites is 1. The fourth-order valence-electron chi connectivity index (χ4n) is 1.89. The quantitative estimate of drug-likeness (QED) is 0.599. The monoisotopic (exact) mass is 379 g/mol. The van der Waals surface area contributed by atoms with Crippen molar-refractivity contribution in [1.82, 2.24) is 10.2 Å². The van der Waals surface area contributed by atoms with Crippen LogP contribution in [-0.4, -0.2) is 21.2 Å². The molecule has 1 aromatic heterocycles. The summed E-state index contributed by atoms with van der Waals surface area (Å²) in [4.78, 5) is 12.1. The SMILES string of the molecule is O=C(Nc1n[nH]c2ccccc12)c1ccc(I)c(O)c1. The largest absolute Gasteiger partial charge is 0.507 e. The summed E-state index contributed by atoms with van der Waals surface area (Å²) >= 11 is 2.00. The summed E-state index contributed by atoms with van der Waals surface area (Å²) < 4.78 is 0.698. The predicted octanol–water partition coefficient (Wildman–Crippen LogP) is 3.13. The number of nitrogens with one attached hydrogen (secondary N) is 2. The Labute approximate surface area is 128 Å². The molecule has 0 aliphatic heterocycles. The van der Waals surface area contributed by atoms with Crippen molar-refractivity contribution in [3.05, 3.63) is 51.6 Å². The highest BCUT2D eigenvalue weighted by atomic mass is 127. The van der Waals surface area contributed by atoms with Gasteiger partial charge in [0.05, 0.1) is 9.09 Å². The fourth-order valence-corrected chi connectivity index (χ4v) is 2.23. The van der Waals surface area contributed by atoms with Crippen molar-refractivity contribution in [2.24, 2.45) is 0 Å². The summed E-state index contributed by atoms with van der Waals surface area (Å²) in [6, 6.07) is 12.3. The molecule has 0 saturated carbocycles. The molecule has 0 atom stereocenters. The van der Waals surface area contributed by atoms with Crippen LogP contribution in [0.15, 0.2) is 42.5 Å². The van der Waals surface area contributed by atoms with Gasteiger partial charge >= 0.3 is 0 Å². The molecule has 0 aliphatic carbocycles. The molecule has 1 heterocycles. The van der Waals surface area contributed by atoms with Gasteiger partial charge in [-0.2, -0.15) is 5.10 Å². The van der Waals surface area contributed by atoms with Crippen molar-refractivity contribution in [3.63, 3.8) is 0 Å². The predicted molar refractivity (Wildman–Crippen MR) is 84.9 cm³/mol. The van der Waals surface area contributed by atoms with E-state index in [0.29, 0.717) is 15.0 Å². The highest BCUT2D eigenvalue weighted by Crippen LogP contribution is 2.23. The molecule has 100 valence electrons. The number of aromatic nitrogens is 2. The third kappa shape index (κ3) is 2.34. The Balaban J connectivity index is 1.90. The van der Waals surface area contributed by atoms with Crippen molar-refractivity contribution < 1.29 is 9.90 Å². The number of halogens is 1. The van der Waals surface area contributed by atoms with Crippen molar-refractivity contribution in [2.75, 3.05) is 5.32 Å². The van der Waals surface area contributed by atoms with E-state index in [2.05, 4.69) is 15.5 Å². The average molecular weight is 379 g/mol. The Hall–Kier alpha value is -2.09. The molecule has 0 spiro atoms. The van der Waals surface area contributed by atoms with Gasteiger partial charge in [-0.05, 0) is 52.9 Å². The molecule has 3 aromatic rings. The molecule has 0 radical (unpaired) electrons. The average Bonchev–Trinajstić information content (AvgIpc) is 2.85. The van der Waals surface area contributed by atoms with Gasteiger partial charge in [0.1, 0.15) is 5.75 Å². The van der Waals surface area contributed by atoms with Crippen molar-refractivity contribution in [2.45, 2.75) is 0 Å². The van der Waals surface area contributed by atoms with Gasteiger partial charge < -0.3 is 10.4 Å². The van der Waals surface area contributed by atoms with E-state index < -0.39 is 0 Å². The summed E-state index contributed by atoms with van der Waals surface area (Å²) in [5.41, 5.74) is 1.24. The van der Waals surface area contributed by atoms with E-state index in [-0.39, 0.29) is 11.7 Å². The van der Waals surface area contributed by atoms with Crippen LogP contribution in [0.5, 0.6) is 5.75 Å². The first kappa shape index (κ1) is 12.9. The molecule has 5 nitrogen and oxygen atoms in total. The van der Waals surface area contributed by atoms with Gasteiger partial charge in [-0.3, -0.25) is 9.89 Å². The van der Waals surface area contributed by atoms with E-state index in [1.165, 1.54) is 6.07 Å². The zero-order chi connectivity index (χ0) is 14.1. The molecule has 0 fully saturated rings. The molecule has 2 aromatic carbocycles. The van der Waals surface area contributed by atoms with Crippen LogP contribution < -0.4 is 5.32 Å². The molecule has 6 heteroatoms. The van der Waals surface area contributed by atoms with Crippen LogP contribution in [0, 0.1) is 3.57 Å². The molecule has 0 unspecified atom stereocenters. The Morgan fingerprint density at radius 1 is 1.25 bits per heavy atom. The number of H-pyrrole nitrogens is 1. The first-order valence-corrected chi connectivity index (χ1v) is 6.96. The molecular formula is C14H10IN3O2. The number of phenolic OH excluding ortho intramolecular Hbond substituents is 1. The van der Waals surface area contributed by atoms with Gasteiger partial charge in [0.25, 0.3) is 5.91 Å². The third-order valence-electron chi connectivity index (χ3n) is 2.91. The lowest BCUT2D eigenvalue weighted by Crippen LogP contribution is -2.12. The first-order valence-electron chi connectivity index (χ1n) is 5.88. The van der Waals surface area contributed by atoms with Crippen LogP contribution in [0.4, 0.5) is 5.82 Å². The summed E-state index contributed by atoms with van der Waals surface area (Å²) in [6.45, 7) is 0. The van der Waals surface area contributed by atoms with Crippen LogP contribution in [0.3, 0.4) is 0 Å². The summed E-state index contributed by atoms with van der Waals surface area (Å²) in [7, 11) is 0. The van der Waals surface area contributed by atoms with Gasteiger partial charge in [0, 0.05) is 10.9 Å². The van der Waals surface area contributed by atoms with E-state index in [1.54, 1.807) is 12.1 Å². The fraction of sp³-hybridized carbons (Fsp3) is 0. The molecule has 1 amide bonds. The van der Waals surface area contributed by atoms with Crippen molar-refractivity contribution >= 4 is 45.2 Å². The number of carbonyl (C=O) groups is 1. The minimum absolute atomic E-state index is 0.0881. The summed E-state index contributed by atoms with van der Waals surface area (Å²) in [6.07, 6.45) is 0. The Morgan fingerprint density at radius 2 is 2.05 bits per heavy atom. The van der Waals surface area contributed by atoms with E-state index >= 15 is 0 Å². The number of fused-ring (bicyclic) bond motifs is 1. The minimum atomic E-state index is -0.311. The van der Waals surface area contributed by atoms with E-state index in [0.717, 1.165) is 10.9 Å². The first-order chi connectivity index (χ1) is 9.65. The second kappa shape index (κ2) is 5.12. The second-order valence-electron chi connectivity index (χ2n) is 4.24. The van der Waals surface area contributed by atoms with Gasteiger partial charge in [-0.25, -0.2) is 0 Å². The number of hydrogen-bond donors (Lipinski definition) is 3. The number of rotatable bonds is 2. The highest BCUT2D eigenvalue weighted by Gasteiger charge is 2.12. The number of phenols is 1. The lowest BCUT2D eigenvalue weighted by atomic mass is 10.2. The van der Waals surface area contributed by atoms with Crippen LogP contribution >= 0.6 is 22.6 Å². The van der Waals surface area contributed by atoms with E-state index in [1.807, 2.05) is 46.9 Å². The number of aromatic hydroxyl groups is 1. The van der Waals surface area contributed by atoms with Gasteiger partial charge in [0.15, 0.2) is 5.82 Å². The summed E-state index contributed by atoms with van der Waals surface area (Å²) in [5, 5.41) is 20.1. The molecule has 0 bridgehead atoms. The van der Waals surface area contributed by atoms with Crippen molar-refractivity contribution in [3.8, 4) is 5.75 Å². The van der Waals surface area contributed by atoms with Crippen LogP contribution in [-0.2, 0) is 0 Å². The maximum absolute atomic E-state index is 12.1. The van der Waals surface area contributed by atoms with Crippen LogP contribution in [0.25, 0.3) is 10.9 Å². The number of carbonyl (C=O) groups excluding carboxylic acids is 1. The van der Waals surface area contributed by atoms with Gasteiger partial charge in [-0.1, -0.05) is 12.1 Å². The summed E-state index contributed by atoms with van der Waals surface area (Å²) in [5.74, 6) is 0.253. The molecule has 20 heavy (non-hydrogen) atoms. The zero-order valence-electron chi connectivity index (χ0n) is 10.2. The van der Waals surface area contributed by atoms with E-state index in [9.17, 15) is 9.90 Å². The number of amides is 1. The number of hydrogen-bond acceptors (Lipinski definition) is 3. The standard InChI is InChI=1S/C14H10IN3O2/c15-10-6-5-8(7-12(10)19)14(20)16-13-9-3-1-2-4-11(9)17-18-13/h1-7,19H,(H2,16,17,18,20). The van der Waals surface area contributed by atoms with Gasteiger partial charge in [-0.15, -0.1) is 0 Å². The van der Waals surface area contributed by atoms with Crippen molar-refractivity contribution in [1.29, 1.82) is 0 Å². The number of aromatic amines is 1. The Morgan fingerprint density at radius 3 is 2.85 bits per heavy atom. The normalized spacial score (nSPS) is 10.7. The lowest BCUT2D eigenvalue weighted by Gasteiger charge is -2.04. The third-order valence-corrected chi connectivity index (χ3v) is 3.82. The molecule has 0 aliphatic rings. The molecule has 3 N–H and O–H groups in total. The Kier molecular flexibility index (Phi) is 3.31. The maximum atomic E-state index is 12.1. The topological polar surface area (TPSA) is 78.0 Å². The molecule has 3 rings (SSSR count). The Bertz CT molecular complexity index is 798. The lowest BCUT2D eigenvalue weighted by molar-refractivity contribution is 0.102. The molecular weight excluding hydrogens is 369 g/mol. The minimum Gasteiger partial charge on any atom is -0.507 e. The van der Waals surface area contributed by atoms with Crippen LogP contribution in [0.1, 0.15) is 10.4 Å². The smallest absolute Gasteiger partial charge is 0.257 e. The van der Waals surface area contributed by atoms with E-state index in [4.69, 9.17) is 0 Å².